The summed E-state index contributed by atoms with van der Waals surface area (Å²) in [5, 5.41) is 2.85. The third kappa shape index (κ3) is 8.01. The van der Waals surface area contributed by atoms with Crippen molar-refractivity contribution in [2.45, 2.75) is 30.8 Å². The Morgan fingerprint density at radius 2 is 1.60 bits per heavy atom. The van der Waals surface area contributed by atoms with Gasteiger partial charge in [-0.2, -0.15) is 0 Å². The standard InChI is InChI=1S/C5H6.2C2H5.Al/c1-2-4-5-3-1;2*1-2;/h1-4H,5H2;2*1H2,2H3;/q;;;+1. The van der Waals surface area contributed by atoms with Crippen molar-refractivity contribution < 1.29 is 0 Å². The first kappa shape index (κ1) is 10.0. The number of allylic oxidation sites excluding steroid dienone is 4. The Hall–Kier alpha value is 0.0125. The molecule has 0 saturated heterocycles. The molecular formula is C9H16Al+. The van der Waals surface area contributed by atoms with Crippen LogP contribution in [0.5, 0.6) is 0 Å². The van der Waals surface area contributed by atoms with Gasteiger partial charge in [0.2, 0.25) is 0 Å². The van der Waals surface area contributed by atoms with Crippen molar-refractivity contribution in [3.8, 4) is 0 Å². The Bertz CT molecular complexity index is 91.3. The Morgan fingerprint density at radius 3 is 1.70 bits per heavy atom. The molecule has 0 radical (unpaired) electrons. The first-order valence-corrected chi connectivity index (χ1v) is 5.68. The Balaban J connectivity index is 0.000000162. The van der Waals surface area contributed by atoms with Crippen molar-refractivity contribution in [2.24, 2.45) is 0 Å². The van der Waals surface area contributed by atoms with Crippen molar-refractivity contribution in [1.82, 2.24) is 0 Å². The van der Waals surface area contributed by atoms with Gasteiger partial charge in [0.05, 0.1) is 0 Å². The first-order valence-electron chi connectivity index (χ1n) is 4.05. The van der Waals surface area contributed by atoms with Gasteiger partial charge in [0, 0.05) is 0 Å². The number of hydrogen-bond donors (Lipinski definition) is 0. The van der Waals surface area contributed by atoms with Crippen LogP contribution < -0.4 is 0 Å². The van der Waals surface area contributed by atoms with Crippen LogP contribution in [0.1, 0.15) is 20.3 Å². The van der Waals surface area contributed by atoms with Gasteiger partial charge in [0.1, 0.15) is 0 Å². The molecule has 0 amide bonds. The van der Waals surface area contributed by atoms with E-state index in [1.807, 2.05) is 0 Å². The molecule has 1 aliphatic carbocycles. The molecular weight excluding hydrogens is 135 g/mol. The minimum atomic E-state index is 0.815. The van der Waals surface area contributed by atoms with Crippen LogP contribution in [0.4, 0.5) is 0 Å². The van der Waals surface area contributed by atoms with E-state index < -0.39 is 0 Å². The fourth-order valence-electron chi connectivity index (χ4n) is 0.682. The van der Waals surface area contributed by atoms with Crippen LogP contribution in [0.15, 0.2) is 24.3 Å². The van der Waals surface area contributed by atoms with E-state index in [-0.39, 0.29) is 0 Å². The molecule has 0 fully saturated rings. The average Bonchev–Trinajstić information content (AvgIpc) is 2.44. The quantitative estimate of drug-likeness (QED) is 0.532. The molecule has 0 aliphatic heterocycles. The van der Waals surface area contributed by atoms with Crippen molar-refractivity contribution in [2.75, 3.05) is 0 Å². The topological polar surface area (TPSA) is 0 Å². The van der Waals surface area contributed by atoms with Crippen LogP contribution in [0.3, 0.4) is 0 Å². The molecule has 0 aromatic carbocycles. The Kier molecular flexibility index (Phi) is 9.02. The van der Waals surface area contributed by atoms with Gasteiger partial charge in [-0.3, -0.25) is 0 Å². The summed E-state index contributed by atoms with van der Waals surface area (Å²) in [5.41, 5.74) is 0. The zero-order valence-electron chi connectivity index (χ0n) is 7.01. The first-order chi connectivity index (χ1) is 4.91. The van der Waals surface area contributed by atoms with Crippen LogP contribution in [0, 0.1) is 0 Å². The van der Waals surface area contributed by atoms with Gasteiger partial charge in [-0.05, 0) is 6.42 Å². The van der Waals surface area contributed by atoms with Crippen LogP contribution in [0.25, 0.3) is 0 Å². The molecule has 0 aromatic rings. The molecule has 0 saturated carbocycles. The number of hydrogen-bond acceptors (Lipinski definition) is 0. The molecule has 0 unspecified atom stereocenters. The second kappa shape index (κ2) is 9.01. The summed E-state index contributed by atoms with van der Waals surface area (Å²) in [4.78, 5) is 0. The molecule has 0 atom stereocenters. The monoisotopic (exact) mass is 151 g/mol. The summed E-state index contributed by atoms with van der Waals surface area (Å²) in [6.07, 6.45) is 9.50. The van der Waals surface area contributed by atoms with Gasteiger partial charge in [-0.25, -0.2) is 0 Å². The molecule has 1 heteroatoms. The van der Waals surface area contributed by atoms with E-state index in [1.54, 1.807) is 0 Å². The summed E-state index contributed by atoms with van der Waals surface area (Å²) >= 11 is 0.815. The number of rotatable bonds is 2. The second-order valence-corrected chi connectivity index (χ2v) is 4.41. The summed E-state index contributed by atoms with van der Waals surface area (Å²) < 4.78 is 0. The molecule has 0 aromatic heterocycles. The summed E-state index contributed by atoms with van der Waals surface area (Å²) in [6.45, 7) is 4.50. The van der Waals surface area contributed by atoms with E-state index in [1.165, 1.54) is 10.6 Å². The molecule has 1 rings (SSSR count). The van der Waals surface area contributed by atoms with Crippen LogP contribution in [0.2, 0.25) is 10.6 Å². The Labute approximate surface area is 70.7 Å². The molecule has 10 heavy (non-hydrogen) atoms. The van der Waals surface area contributed by atoms with Crippen molar-refractivity contribution >= 4 is 15.2 Å². The van der Waals surface area contributed by atoms with Crippen molar-refractivity contribution in [1.29, 1.82) is 0 Å². The van der Waals surface area contributed by atoms with E-state index in [2.05, 4.69) is 38.2 Å². The summed E-state index contributed by atoms with van der Waals surface area (Å²) in [7, 11) is 0. The van der Waals surface area contributed by atoms with Gasteiger partial charge in [-0.1, -0.05) is 24.3 Å². The molecule has 0 spiro atoms. The molecule has 0 bridgehead atoms. The van der Waals surface area contributed by atoms with E-state index in [9.17, 15) is 0 Å². The van der Waals surface area contributed by atoms with Crippen molar-refractivity contribution in [3.63, 3.8) is 0 Å². The van der Waals surface area contributed by atoms with Gasteiger partial charge >= 0.3 is 39.6 Å². The average molecular weight is 151 g/mol. The summed E-state index contributed by atoms with van der Waals surface area (Å²) in [6, 6.07) is 0. The van der Waals surface area contributed by atoms with Gasteiger partial charge < -0.3 is 0 Å². The van der Waals surface area contributed by atoms with Crippen LogP contribution >= 0.6 is 0 Å². The van der Waals surface area contributed by atoms with Gasteiger partial charge in [0.15, 0.2) is 0 Å². The summed E-state index contributed by atoms with van der Waals surface area (Å²) in [5.74, 6) is 0. The second-order valence-electron chi connectivity index (χ2n) is 2.20. The maximum atomic E-state index is 2.25. The van der Waals surface area contributed by atoms with Gasteiger partial charge in [-0.15, -0.1) is 0 Å². The zero-order valence-corrected chi connectivity index (χ0v) is 8.16. The third-order valence-corrected chi connectivity index (χ3v) is 2.39. The SMILES string of the molecule is C1=CCC=C1.C[CH2][Al+][CH2]C. The predicted octanol–water partition coefficient (Wildman–Crippen LogP) is 3.07. The van der Waals surface area contributed by atoms with E-state index in [0.717, 1.165) is 21.6 Å². The zero-order chi connectivity index (χ0) is 7.66. The molecule has 54 valence electrons. The fraction of sp³-hybridized carbons (Fsp3) is 0.556. The van der Waals surface area contributed by atoms with Crippen LogP contribution in [-0.4, -0.2) is 15.2 Å². The molecule has 0 N–H and O–H groups in total. The molecule has 0 nitrogen and oxygen atoms in total. The fourth-order valence-corrected chi connectivity index (χ4v) is 1.26. The molecule has 1 aliphatic rings. The van der Waals surface area contributed by atoms with Crippen LogP contribution in [-0.2, 0) is 0 Å². The maximum absolute atomic E-state index is 2.25. The molecule has 0 heterocycles. The Morgan fingerprint density at radius 1 is 1.10 bits per heavy atom. The third-order valence-electron chi connectivity index (χ3n) is 1.23. The normalized spacial score (nSPS) is 12.2. The predicted molar refractivity (Wildman–Crippen MR) is 49.6 cm³/mol. The minimum absolute atomic E-state index is 0.815. The van der Waals surface area contributed by atoms with E-state index >= 15 is 0 Å². The van der Waals surface area contributed by atoms with E-state index in [4.69, 9.17) is 0 Å². The van der Waals surface area contributed by atoms with Gasteiger partial charge in [0.25, 0.3) is 0 Å². The van der Waals surface area contributed by atoms with E-state index in [0.29, 0.717) is 0 Å². The van der Waals surface area contributed by atoms with Crippen molar-refractivity contribution in [3.05, 3.63) is 24.3 Å².